The van der Waals surface area contributed by atoms with Gasteiger partial charge in [-0.25, -0.2) is 4.79 Å². The van der Waals surface area contributed by atoms with E-state index >= 15 is 0 Å². The van der Waals surface area contributed by atoms with Crippen molar-refractivity contribution in [1.29, 1.82) is 0 Å². The van der Waals surface area contributed by atoms with Crippen molar-refractivity contribution in [3.8, 4) is 0 Å². The maximum absolute atomic E-state index is 12.1. The van der Waals surface area contributed by atoms with Crippen LogP contribution in [0, 0.1) is 0 Å². The largest absolute Gasteiger partial charge is 0.462 e. The number of ether oxygens (including phenoxy) is 1. The van der Waals surface area contributed by atoms with Crippen molar-refractivity contribution in [3.05, 3.63) is 47.5 Å². The lowest BCUT2D eigenvalue weighted by atomic mass is 10.0. The highest BCUT2D eigenvalue weighted by Crippen LogP contribution is 2.20. The van der Waals surface area contributed by atoms with E-state index in [0.717, 1.165) is 28.9 Å². The van der Waals surface area contributed by atoms with Crippen LogP contribution in [0.25, 0.3) is 10.8 Å². The second kappa shape index (κ2) is 9.71. The number of alkyl halides is 1. The highest BCUT2D eigenvalue weighted by molar-refractivity contribution is 9.08. The van der Waals surface area contributed by atoms with Crippen molar-refractivity contribution in [2.75, 3.05) is 6.61 Å². The zero-order valence-corrected chi connectivity index (χ0v) is 15.4. The van der Waals surface area contributed by atoms with Gasteiger partial charge in [0.25, 0.3) is 0 Å². The van der Waals surface area contributed by atoms with Gasteiger partial charge >= 0.3 is 5.97 Å². The number of halogens is 1. The summed E-state index contributed by atoms with van der Waals surface area (Å²) in [6, 6.07) is 12.0. The first kappa shape index (κ1) is 18.0. The monoisotopic (exact) mass is 376 g/mol. The summed E-state index contributed by atoms with van der Waals surface area (Å²) in [5.74, 6) is -0.218. The molecule has 0 aliphatic heterocycles. The molecule has 0 N–H and O–H groups in total. The molecule has 2 rings (SSSR count). The molecule has 0 atom stereocenters. The number of benzene rings is 2. The van der Waals surface area contributed by atoms with E-state index < -0.39 is 0 Å². The Kier molecular flexibility index (Phi) is 7.60. The Bertz CT molecular complexity index is 637. The summed E-state index contributed by atoms with van der Waals surface area (Å²) < 4.78 is 5.38. The van der Waals surface area contributed by atoms with Crippen LogP contribution in [0.1, 0.15) is 61.4 Å². The van der Waals surface area contributed by atoms with Crippen LogP contribution in [-0.4, -0.2) is 12.6 Å². The van der Waals surface area contributed by atoms with Crippen LogP contribution in [0.4, 0.5) is 0 Å². The van der Waals surface area contributed by atoms with Gasteiger partial charge in [0.05, 0.1) is 12.2 Å². The second-order valence-electron chi connectivity index (χ2n) is 5.93. The van der Waals surface area contributed by atoms with Crippen molar-refractivity contribution in [1.82, 2.24) is 0 Å². The Balaban J connectivity index is 1.84. The number of fused-ring (bicyclic) bond motifs is 1. The van der Waals surface area contributed by atoms with E-state index in [4.69, 9.17) is 4.74 Å². The van der Waals surface area contributed by atoms with Crippen LogP contribution in [0.3, 0.4) is 0 Å². The molecule has 3 heteroatoms. The Hall–Kier alpha value is -1.35. The molecule has 0 unspecified atom stereocenters. The second-order valence-corrected chi connectivity index (χ2v) is 6.49. The highest BCUT2D eigenvalue weighted by Gasteiger charge is 2.08. The van der Waals surface area contributed by atoms with E-state index in [2.05, 4.69) is 41.1 Å². The molecular formula is C20H25BrO2. The van der Waals surface area contributed by atoms with Gasteiger partial charge in [-0.15, -0.1) is 0 Å². The smallest absolute Gasteiger partial charge is 0.338 e. The summed E-state index contributed by atoms with van der Waals surface area (Å²) in [5, 5.41) is 3.06. The summed E-state index contributed by atoms with van der Waals surface area (Å²) in [6.45, 7) is 2.73. The van der Waals surface area contributed by atoms with Crippen LogP contribution in [0.2, 0.25) is 0 Å². The van der Waals surface area contributed by atoms with Gasteiger partial charge in [0.15, 0.2) is 0 Å². The number of hydrogen-bond donors (Lipinski definition) is 0. The first-order valence-corrected chi connectivity index (χ1v) is 9.62. The molecule has 0 bridgehead atoms. The molecule has 0 aromatic heterocycles. The molecular weight excluding hydrogens is 352 g/mol. The lowest BCUT2D eigenvalue weighted by molar-refractivity contribution is 0.0498. The number of rotatable bonds is 9. The zero-order chi connectivity index (χ0) is 16.5. The standard InChI is InChI=1S/C20H25BrO2/c1-2-3-4-5-6-7-12-23-20(22)19-11-10-17-13-16(15-21)8-9-18(17)14-19/h8-11,13-14H,2-7,12,15H2,1H3. The molecule has 124 valence electrons. The molecule has 0 spiro atoms. The van der Waals surface area contributed by atoms with Gasteiger partial charge < -0.3 is 4.74 Å². The van der Waals surface area contributed by atoms with Crippen LogP contribution in [-0.2, 0) is 10.1 Å². The number of esters is 1. The molecule has 23 heavy (non-hydrogen) atoms. The minimum atomic E-state index is -0.218. The number of unbranched alkanes of at least 4 members (excludes halogenated alkanes) is 5. The van der Waals surface area contributed by atoms with Crippen molar-refractivity contribution in [2.45, 2.75) is 50.8 Å². The molecule has 0 aliphatic carbocycles. The predicted molar refractivity (Wildman–Crippen MR) is 100 cm³/mol. The van der Waals surface area contributed by atoms with Crippen molar-refractivity contribution in [2.24, 2.45) is 0 Å². The van der Waals surface area contributed by atoms with Gasteiger partial charge in [0, 0.05) is 5.33 Å². The molecule has 0 saturated carbocycles. The highest BCUT2D eigenvalue weighted by atomic mass is 79.9. The van der Waals surface area contributed by atoms with Crippen LogP contribution < -0.4 is 0 Å². The number of carbonyl (C=O) groups is 1. The predicted octanol–water partition coefficient (Wildman–Crippen LogP) is 6.25. The summed E-state index contributed by atoms with van der Waals surface area (Å²) in [7, 11) is 0. The fourth-order valence-electron chi connectivity index (χ4n) is 2.64. The minimum absolute atomic E-state index is 0.218. The Morgan fingerprint density at radius 3 is 2.43 bits per heavy atom. The number of hydrogen-bond acceptors (Lipinski definition) is 2. The summed E-state index contributed by atoms with van der Waals surface area (Å²) in [5.41, 5.74) is 1.87. The Morgan fingerprint density at radius 2 is 1.65 bits per heavy atom. The van der Waals surface area contributed by atoms with E-state index in [-0.39, 0.29) is 5.97 Å². The van der Waals surface area contributed by atoms with Crippen LogP contribution in [0.5, 0.6) is 0 Å². The summed E-state index contributed by atoms with van der Waals surface area (Å²) in [4.78, 5) is 12.1. The molecule has 2 nitrogen and oxygen atoms in total. The zero-order valence-electron chi connectivity index (χ0n) is 13.8. The Labute approximate surface area is 147 Å². The molecule has 2 aromatic rings. The topological polar surface area (TPSA) is 26.3 Å². The van der Waals surface area contributed by atoms with E-state index in [1.165, 1.54) is 31.2 Å². The minimum Gasteiger partial charge on any atom is -0.462 e. The lowest BCUT2D eigenvalue weighted by Gasteiger charge is -2.07. The van der Waals surface area contributed by atoms with E-state index in [0.29, 0.717) is 12.2 Å². The molecule has 0 heterocycles. The van der Waals surface area contributed by atoms with Crippen molar-refractivity contribution >= 4 is 32.7 Å². The SMILES string of the molecule is CCCCCCCCOC(=O)c1ccc2cc(CBr)ccc2c1. The third kappa shape index (κ3) is 5.65. The molecule has 0 amide bonds. The fraction of sp³-hybridized carbons (Fsp3) is 0.450. The van der Waals surface area contributed by atoms with Gasteiger partial charge in [-0.05, 0) is 34.9 Å². The fourth-order valence-corrected chi connectivity index (χ4v) is 2.98. The molecule has 0 fully saturated rings. The van der Waals surface area contributed by atoms with Gasteiger partial charge in [-0.2, -0.15) is 0 Å². The first-order valence-electron chi connectivity index (χ1n) is 8.50. The van der Waals surface area contributed by atoms with Gasteiger partial charge in [-0.3, -0.25) is 0 Å². The molecule has 0 radical (unpaired) electrons. The Morgan fingerprint density at radius 1 is 0.957 bits per heavy atom. The average Bonchev–Trinajstić information content (AvgIpc) is 2.59. The first-order chi connectivity index (χ1) is 11.2. The summed E-state index contributed by atoms with van der Waals surface area (Å²) in [6.07, 6.45) is 7.17. The third-order valence-corrected chi connectivity index (χ3v) is 4.67. The maximum atomic E-state index is 12.1. The van der Waals surface area contributed by atoms with E-state index in [9.17, 15) is 4.79 Å². The third-order valence-electron chi connectivity index (χ3n) is 4.03. The molecule has 0 saturated heterocycles. The van der Waals surface area contributed by atoms with Gasteiger partial charge in [-0.1, -0.05) is 79.2 Å². The quantitative estimate of drug-likeness (QED) is 0.293. The molecule has 0 aliphatic rings. The average molecular weight is 377 g/mol. The summed E-state index contributed by atoms with van der Waals surface area (Å²) >= 11 is 3.46. The van der Waals surface area contributed by atoms with Crippen LogP contribution >= 0.6 is 15.9 Å². The van der Waals surface area contributed by atoms with Gasteiger partial charge in [0.2, 0.25) is 0 Å². The van der Waals surface area contributed by atoms with Crippen molar-refractivity contribution in [3.63, 3.8) is 0 Å². The normalized spacial score (nSPS) is 10.9. The van der Waals surface area contributed by atoms with Gasteiger partial charge in [0.1, 0.15) is 0 Å². The van der Waals surface area contributed by atoms with Crippen molar-refractivity contribution < 1.29 is 9.53 Å². The van der Waals surface area contributed by atoms with Crippen LogP contribution in [0.15, 0.2) is 36.4 Å². The molecule has 2 aromatic carbocycles. The number of carbonyl (C=O) groups excluding carboxylic acids is 1. The lowest BCUT2D eigenvalue weighted by Crippen LogP contribution is -2.06. The van der Waals surface area contributed by atoms with E-state index in [1.54, 1.807) is 0 Å². The maximum Gasteiger partial charge on any atom is 0.338 e. The van der Waals surface area contributed by atoms with E-state index in [1.807, 2.05) is 18.2 Å².